The number of amides is 1. The summed E-state index contributed by atoms with van der Waals surface area (Å²) < 4.78 is 13.8. The van der Waals surface area contributed by atoms with E-state index in [1.54, 1.807) is 43.8 Å². The smallest absolute Gasteiger partial charge is 0.234 e. The Kier molecular flexibility index (Phi) is 6.43. The molecule has 7 nitrogen and oxygen atoms in total. The van der Waals surface area contributed by atoms with E-state index in [2.05, 4.69) is 33.0 Å². The predicted molar refractivity (Wildman–Crippen MR) is 125 cm³/mol. The second kappa shape index (κ2) is 9.40. The Morgan fingerprint density at radius 2 is 2.00 bits per heavy atom. The third-order valence-electron chi connectivity index (χ3n) is 4.77. The van der Waals surface area contributed by atoms with Gasteiger partial charge in [0.1, 0.15) is 11.5 Å². The molecule has 0 bridgehead atoms. The average molecular weight is 455 g/mol. The Bertz CT molecular complexity index is 1220. The largest absolute Gasteiger partial charge is 0.497 e. The molecule has 0 atom stereocenters. The van der Waals surface area contributed by atoms with E-state index in [-0.39, 0.29) is 11.7 Å². The molecule has 0 saturated heterocycles. The normalized spacial score (nSPS) is 10.9. The quantitative estimate of drug-likeness (QED) is 0.381. The molecule has 2 aromatic carbocycles. The number of aromatic nitrogens is 3. The molecule has 0 unspecified atom stereocenters. The number of thioether (sulfide) groups is 1. The highest BCUT2D eigenvalue weighted by Gasteiger charge is 2.18. The molecule has 0 aliphatic heterocycles. The second-order valence-electron chi connectivity index (χ2n) is 6.60. The first-order valence-electron chi connectivity index (χ1n) is 9.69. The number of thiophene rings is 1. The van der Waals surface area contributed by atoms with Crippen LogP contribution in [0.2, 0.25) is 0 Å². The minimum Gasteiger partial charge on any atom is -0.497 e. The lowest BCUT2D eigenvalue weighted by molar-refractivity contribution is -0.113. The van der Waals surface area contributed by atoms with Crippen LogP contribution in [0.15, 0.2) is 53.0 Å². The van der Waals surface area contributed by atoms with E-state index in [0.717, 1.165) is 16.8 Å². The lowest BCUT2D eigenvalue weighted by Gasteiger charge is -2.11. The van der Waals surface area contributed by atoms with Crippen molar-refractivity contribution >= 4 is 44.8 Å². The minimum atomic E-state index is -0.151. The fourth-order valence-electron chi connectivity index (χ4n) is 3.25. The molecule has 160 valence electrons. The van der Waals surface area contributed by atoms with Gasteiger partial charge in [-0.1, -0.05) is 30.0 Å². The number of anilines is 1. The number of nitrogens with one attached hydrogen (secondary N) is 1. The molecule has 1 N–H and O–H groups in total. The number of rotatable bonds is 8. The molecular formula is C22H22N4O3S2. The van der Waals surface area contributed by atoms with Crippen LogP contribution in [-0.2, 0) is 11.3 Å². The van der Waals surface area contributed by atoms with Gasteiger partial charge in [0, 0.05) is 33.6 Å². The predicted octanol–water partition coefficient (Wildman–Crippen LogP) is 4.93. The van der Waals surface area contributed by atoms with E-state index in [0.29, 0.717) is 28.9 Å². The fraction of sp³-hybridized carbons (Fsp3) is 0.227. The average Bonchev–Trinajstić information content (AvgIpc) is 3.41. The molecule has 0 spiro atoms. The van der Waals surface area contributed by atoms with Crippen LogP contribution >= 0.6 is 23.1 Å². The molecule has 0 radical (unpaired) electrons. The van der Waals surface area contributed by atoms with Crippen LogP contribution in [0, 0.1) is 0 Å². The standard InChI is InChI=1S/C22H22N4O3S2/c1-4-26-21(16-12-30-19-8-6-5-7-15(16)19)24-25-22(26)31-13-20(27)23-17-10-9-14(28-2)11-18(17)29-3/h5-12H,4,13H2,1-3H3,(H,23,27). The van der Waals surface area contributed by atoms with Crippen LogP contribution in [0.4, 0.5) is 5.69 Å². The molecular weight excluding hydrogens is 432 g/mol. The number of hydrogen-bond donors (Lipinski definition) is 1. The summed E-state index contributed by atoms with van der Waals surface area (Å²) in [7, 11) is 3.14. The maximum absolute atomic E-state index is 12.5. The molecule has 2 heterocycles. The lowest BCUT2D eigenvalue weighted by Crippen LogP contribution is -2.15. The summed E-state index contributed by atoms with van der Waals surface area (Å²) in [6.07, 6.45) is 0. The summed E-state index contributed by atoms with van der Waals surface area (Å²) in [6.45, 7) is 2.76. The SMILES string of the molecule is CCn1c(SCC(=O)Nc2ccc(OC)cc2OC)nnc1-c1csc2ccccc12. The van der Waals surface area contributed by atoms with Gasteiger partial charge in [0.2, 0.25) is 5.91 Å². The number of hydrogen-bond acceptors (Lipinski definition) is 7. The van der Waals surface area contributed by atoms with Crippen molar-refractivity contribution in [3.8, 4) is 22.9 Å². The van der Waals surface area contributed by atoms with Gasteiger partial charge in [-0.15, -0.1) is 21.5 Å². The van der Waals surface area contributed by atoms with E-state index in [1.807, 2.05) is 23.6 Å². The van der Waals surface area contributed by atoms with Gasteiger partial charge >= 0.3 is 0 Å². The van der Waals surface area contributed by atoms with Gasteiger partial charge in [0.25, 0.3) is 0 Å². The number of fused-ring (bicyclic) bond motifs is 1. The van der Waals surface area contributed by atoms with Crippen molar-refractivity contribution in [2.45, 2.75) is 18.6 Å². The molecule has 2 aromatic heterocycles. The number of benzene rings is 2. The third-order valence-corrected chi connectivity index (χ3v) is 6.70. The van der Waals surface area contributed by atoms with Crippen LogP contribution in [0.25, 0.3) is 21.5 Å². The van der Waals surface area contributed by atoms with Crippen LogP contribution in [0.5, 0.6) is 11.5 Å². The van der Waals surface area contributed by atoms with Gasteiger partial charge in [-0.3, -0.25) is 4.79 Å². The Balaban J connectivity index is 1.49. The van der Waals surface area contributed by atoms with Gasteiger partial charge in [0.15, 0.2) is 11.0 Å². The Hall–Kier alpha value is -3.04. The monoisotopic (exact) mass is 454 g/mol. The molecule has 0 aliphatic rings. The number of ether oxygens (including phenoxy) is 2. The van der Waals surface area contributed by atoms with E-state index in [9.17, 15) is 4.79 Å². The summed E-state index contributed by atoms with van der Waals surface area (Å²) in [4.78, 5) is 12.5. The van der Waals surface area contributed by atoms with Gasteiger partial charge in [-0.05, 0) is 25.1 Å². The van der Waals surface area contributed by atoms with Crippen molar-refractivity contribution in [2.75, 3.05) is 25.3 Å². The highest BCUT2D eigenvalue weighted by molar-refractivity contribution is 7.99. The van der Waals surface area contributed by atoms with Crippen molar-refractivity contribution in [2.24, 2.45) is 0 Å². The number of carbonyl (C=O) groups is 1. The molecule has 9 heteroatoms. The maximum Gasteiger partial charge on any atom is 0.234 e. The van der Waals surface area contributed by atoms with Crippen LogP contribution < -0.4 is 14.8 Å². The summed E-state index contributed by atoms with van der Waals surface area (Å²) in [5, 5.41) is 15.6. The molecule has 4 aromatic rings. The minimum absolute atomic E-state index is 0.151. The molecule has 0 fully saturated rings. The molecule has 31 heavy (non-hydrogen) atoms. The maximum atomic E-state index is 12.5. The van der Waals surface area contributed by atoms with Gasteiger partial charge in [-0.25, -0.2) is 0 Å². The number of methoxy groups -OCH3 is 2. The second-order valence-corrected chi connectivity index (χ2v) is 8.45. The summed E-state index contributed by atoms with van der Waals surface area (Å²) in [5.41, 5.74) is 1.66. The Labute approximate surface area is 188 Å². The van der Waals surface area contributed by atoms with Crippen molar-refractivity contribution in [3.63, 3.8) is 0 Å². The van der Waals surface area contributed by atoms with Gasteiger partial charge < -0.3 is 19.4 Å². The van der Waals surface area contributed by atoms with Gasteiger partial charge in [-0.2, -0.15) is 0 Å². The van der Waals surface area contributed by atoms with Crippen LogP contribution in [0.1, 0.15) is 6.92 Å². The first-order valence-corrected chi connectivity index (χ1v) is 11.6. The zero-order valence-electron chi connectivity index (χ0n) is 17.4. The highest BCUT2D eigenvalue weighted by Crippen LogP contribution is 2.34. The van der Waals surface area contributed by atoms with E-state index < -0.39 is 0 Å². The summed E-state index contributed by atoms with van der Waals surface area (Å²) >= 11 is 3.05. The molecule has 1 amide bonds. The topological polar surface area (TPSA) is 78.3 Å². The van der Waals surface area contributed by atoms with Crippen LogP contribution in [-0.4, -0.2) is 40.6 Å². The number of carbonyl (C=O) groups excluding carboxylic acids is 1. The van der Waals surface area contributed by atoms with Crippen LogP contribution in [0.3, 0.4) is 0 Å². The molecule has 4 rings (SSSR count). The fourth-order valence-corrected chi connectivity index (χ4v) is 4.99. The van der Waals surface area contributed by atoms with E-state index in [1.165, 1.54) is 16.5 Å². The Morgan fingerprint density at radius 1 is 1.16 bits per heavy atom. The third kappa shape index (κ3) is 4.38. The molecule has 0 aliphatic carbocycles. The summed E-state index contributed by atoms with van der Waals surface area (Å²) in [5.74, 6) is 2.08. The van der Waals surface area contributed by atoms with E-state index >= 15 is 0 Å². The van der Waals surface area contributed by atoms with Crippen molar-refractivity contribution in [3.05, 3.63) is 47.8 Å². The molecule has 0 saturated carbocycles. The highest BCUT2D eigenvalue weighted by atomic mass is 32.2. The zero-order chi connectivity index (χ0) is 21.8. The Morgan fingerprint density at radius 3 is 2.77 bits per heavy atom. The van der Waals surface area contributed by atoms with E-state index in [4.69, 9.17) is 9.47 Å². The van der Waals surface area contributed by atoms with Crippen molar-refractivity contribution in [1.29, 1.82) is 0 Å². The lowest BCUT2D eigenvalue weighted by atomic mass is 10.1. The van der Waals surface area contributed by atoms with Crippen molar-refractivity contribution in [1.82, 2.24) is 14.8 Å². The summed E-state index contributed by atoms with van der Waals surface area (Å²) in [6, 6.07) is 13.5. The zero-order valence-corrected chi connectivity index (χ0v) is 19.0. The van der Waals surface area contributed by atoms with Gasteiger partial charge in [0.05, 0.1) is 25.7 Å². The first-order chi connectivity index (χ1) is 15.1. The van der Waals surface area contributed by atoms with Crippen molar-refractivity contribution < 1.29 is 14.3 Å². The number of nitrogens with zero attached hydrogens (tertiary/aromatic N) is 3. The first kappa shape index (κ1) is 21.2.